The zero-order chi connectivity index (χ0) is 18.3. The van der Waals surface area contributed by atoms with Gasteiger partial charge in [0.25, 0.3) is 5.91 Å². The summed E-state index contributed by atoms with van der Waals surface area (Å²) in [5.74, 6) is -1.24. The van der Waals surface area contributed by atoms with Crippen molar-refractivity contribution >= 4 is 22.9 Å². The Balaban J connectivity index is 2.09. The van der Waals surface area contributed by atoms with Gasteiger partial charge in [-0.05, 0) is 46.1 Å². The van der Waals surface area contributed by atoms with Crippen molar-refractivity contribution in [3.8, 4) is 0 Å². The minimum Gasteiger partial charge on any atom is -0.480 e. The fourth-order valence-corrected chi connectivity index (χ4v) is 3.08. The maximum absolute atomic E-state index is 13.2. The molecule has 2 unspecified atom stereocenters. The van der Waals surface area contributed by atoms with E-state index < -0.39 is 12.0 Å². The molecule has 1 fully saturated rings. The number of carboxylic acid groups (broad SMARTS) is 1. The van der Waals surface area contributed by atoms with Crippen molar-refractivity contribution in [2.45, 2.75) is 65.1 Å². The number of carbonyl (C=O) groups excluding carboxylic acids is 1. The van der Waals surface area contributed by atoms with E-state index in [1.807, 2.05) is 11.6 Å². The van der Waals surface area contributed by atoms with Gasteiger partial charge in [0.2, 0.25) is 0 Å². The number of aryl methyl sites for hydroxylation is 1. The van der Waals surface area contributed by atoms with Gasteiger partial charge in [0, 0.05) is 11.7 Å². The van der Waals surface area contributed by atoms with Gasteiger partial charge in [0.15, 0.2) is 5.65 Å². The third kappa shape index (κ3) is 3.10. The molecule has 1 aliphatic rings. The topological polar surface area (TPSA) is 88.3 Å². The van der Waals surface area contributed by atoms with Gasteiger partial charge in [-0.25, -0.2) is 14.5 Å². The lowest BCUT2D eigenvalue weighted by Crippen LogP contribution is -2.44. The number of nitrogens with zero attached hydrogens (tertiary/aromatic N) is 4. The molecule has 0 radical (unpaired) electrons. The van der Waals surface area contributed by atoms with Crippen molar-refractivity contribution in [3.63, 3.8) is 0 Å². The minimum absolute atomic E-state index is 0.00623. The van der Waals surface area contributed by atoms with Crippen LogP contribution >= 0.6 is 0 Å². The molecule has 0 spiro atoms. The standard InChI is InChI=1S/C18H24N4O3/c1-5-11(3)22-16-15(9-19-22)14(8-10(2)20-16)17(23)21(13-6-7-13)12(4)18(24)25/h8-9,11-13H,5-7H2,1-4H3,(H,24,25). The number of hydrogen-bond acceptors (Lipinski definition) is 4. The molecule has 2 heterocycles. The van der Waals surface area contributed by atoms with E-state index in [4.69, 9.17) is 0 Å². The second-order valence-electron chi connectivity index (χ2n) is 6.85. The van der Waals surface area contributed by atoms with E-state index in [0.717, 1.165) is 25.0 Å². The van der Waals surface area contributed by atoms with Gasteiger partial charge in [0.1, 0.15) is 6.04 Å². The van der Waals surface area contributed by atoms with Gasteiger partial charge in [0.05, 0.1) is 23.2 Å². The van der Waals surface area contributed by atoms with Crippen molar-refractivity contribution in [2.75, 3.05) is 0 Å². The summed E-state index contributed by atoms with van der Waals surface area (Å²) in [7, 11) is 0. The number of pyridine rings is 1. The van der Waals surface area contributed by atoms with Crippen LogP contribution in [0.15, 0.2) is 12.3 Å². The van der Waals surface area contributed by atoms with Crippen molar-refractivity contribution < 1.29 is 14.7 Å². The Kier molecular flexibility index (Phi) is 4.49. The Morgan fingerprint density at radius 2 is 2.08 bits per heavy atom. The van der Waals surface area contributed by atoms with Crippen LogP contribution in [-0.4, -0.2) is 48.7 Å². The van der Waals surface area contributed by atoms with Gasteiger partial charge in [-0.2, -0.15) is 5.10 Å². The molecule has 2 aromatic heterocycles. The molecule has 1 amide bonds. The van der Waals surface area contributed by atoms with E-state index in [0.29, 0.717) is 16.6 Å². The normalized spacial score (nSPS) is 16.6. The number of hydrogen-bond donors (Lipinski definition) is 1. The Labute approximate surface area is 146 Å². The lowest BCUT2D eigenvalue weighted by molar-refractivity contribution is -0.141. The van der Waals surface area contributed by atoms with Crippen LogP contribution in [0.25, 0.3) is 11.0 Å². The van der Waals surface area contributed by atoms with Crippen LogP contribution in [-0.2, 0) is 4.79 Å². The molecule has 7 heteroatoms. The van der Waals surface area contributed by atoms with Gasteiger partial charge in [-0.1, -0.05) is 6.92 Å². The molecule has 1 aliphatic carbocycles. The van der Waals surface area contributed by atoms with E-state index in [1.54, 1.807) is 19.2 Å². The summed E-state index contributed by atoms with van der Waals surface area (Å²) in [6, 6.07) is 1.06. The van der Waals surface area contributed by atoms with Crippen molar-refractivity contribution in [2.24, 2.45) is 0 Å². The molecule has 134 valence electrons. The summed E-state index contributed by atoms with van der Waals surface area (Å²) < 4.78 is 1.83. The molecular weight excluding hydrogens is 320 g/mol. The summed E-state index contributed by atoms with van der Waals surface area (Å²) in [4.78, 5) is 30.7. The molecule has 1 saturated carbocycles. The fraction of sp³-hybridized carbons (Fsp3) is 0.556. The molecule has 2 aromatic rings. The third-order valence-corrected chi connectivity index (χ3v) is 4.88. The number of carboxylic acids is 1. The third-order valence-electron chi connectivity index (χ3n) is 4.88. The van der Waals surface area contributed by atoms with E-state index >= 15 is 0 Å². The second kappa shape index (κ2) is 6.46. The maximum atomic E-state index is 13.2. The van der Waals surface area contributed by atoms with Crippen LogP contribution in [0, 0.1) is 6.92 Å². The summed E-state index contributed by atoms with van der Waals surface area (Å²) in [6.07, 6.45) is 4.27. The number of carbonyl (C=O) groups is 2. The van der Waals surface area contributed by atoms with E-state index in [9.17, 15) is 14.7 Å². The van der Waals surface area contributed by atoms with Gasteiger partial charge in [-0.3, -0.25) is 4.79 Å². The largest absolute Gasteiger partial charge is 0.480 e. The van der Waals surface area contributed by atoms with Crippen LogP contribution in [0.5, 0.6) is 0 Å². The van der Waals surface area contributed by atoms with E-state index in [2.05, 4.69) is 23.9 Å². The number of rotatable bonds is 6. The zero-order valence-corrected chi connectivity index (χ0v) is 15.1. The van der Waals surface area contributed by atoms with E-state index in [-0.39, 0.29) is 18.0 Å². The molecule has 25 heavy (non-hydrogen) atoms. The van der Waals surface area contributed by atoms with E-state index in [1.165, 1.54) is 4.90 Å². The zero-order valence-electron chi connectivity index (χ0n) is 15.1. The monoisotopic (exact) mass is 344 g/mol. The van der Waals surface area contributed by atoms with Crippen molar-refractivity contribution in [1.29, 1.82) is 0 Å². The molecule has 0 saturated heterocycles. The predicted octanol–water partition coefficient (Wildman–Crippen LogP) is 2.79. The summed E-state index contributed by atoms with van der Waals surface area (Å²) in [6.45, 7) is 7.53. The van der Waals surface area contributed by atoms with Gasteiger partial charge in [-0.15, -0.1) is 0 Å². The summed E-state index contributed by atoms with van der Waals surface area (Å²) >= 11 is 0. The Morgan fingerprint density at radius 1 is 1.40 bits per heavy atom. The lowest BCUT2D eigenvalue weighted by atomic mass is 10.1. The second-order valence-corrected chi connectivity index (χ2v) is 6.85. The average molecular weight is 344 g/mol. The highest BCUT2D eigenvalue weighted by Crippen LogP contribution is 2.32. The first kappa shape index (κ1) is 17.4. The Hall–Kier alpha value is -2.44. The lowest BCUT2D eigenvalue weighted by Gasteiger charge is -2.26. The first-order chi connectivity index (χ1) is 11.8. The average Bonchev–Trinajstić information content (AvgIpc) is 3.31. The molecule has 3 rings (SSSR count). The highest BCUT2D eigenvalue weighted by Gasteiger charge is 2.39. The van der Waals surface area contributed by atoms with Crippen molar-refractivity contribution in [1.82, 2.24) is 19.7 Å². The first-order valence-electron chi connectivity index (χ1n) is 8.75. The molecular formula is C18H24N4O3. The number of aromatic nitrogens is 3. The summed E-state index contributed by atoms with van der Waals surface area (Å²) in [5, 5.41) is 14.5. The van der Waals surface area contributed by atoms with Crippen LogP contribution < -0.4 is 0 Å². The number of fused-ring (bicyclic) bond motifs is 1. The molecule has 0 aromatic carbocycles. The molecule has 0 bridgehead atoms. The molecule has 1 N–H and O–H groups in total. The minimum atomic E-state index is -0.988. The maximum Gasteiger partial charge on any atom is 0.326 e. The van der Waals surface area contributed by atoms with Crippen LogP contribution in [0.2, 0.25) is 0 Å². The van der Waals surface area contributed by atoms with Crippen molar-refractivity contribution in [3.05, 3.63) is 23.5 Å². The molecule has 2 atom stereocenters. The van der Waals surface area contributed by atoms with Crippen LogP contribution in [0.1, 0.15) is 62.1 Å². The molecule has 0 aliphatic heterocycles. The SMILES string of the molecule is CCC(C)n1ncc2c(C(=O)N(C3CC3)C(C)C(=O)O)cc(C)nc21. The van der Waals surface area contributed by atoms with Crippen LogP contribution in [0.4, 0.5) is 0 Å². The highest BCUT2D eigenvalue weighted by molar-refractivity contribution is 6.06. The highest BCUT2D eigenvalue weighted by atomic mass is 16.4. The first-order valence-corrected chi connectivity index (χ1v) is 8.75. The quantitative estimate of drug-likeness (QED) is 0.870. The number of amides is 1. The Bertz CT molecular complexity index is 825. The molecule has 7 nitrogen and oxygen atoms in total. The van der Waals surface area contributed by atoms with Gasteiger partial charge < -0.3 is 10.0 Å². The van der Waals surface area contributed by atoms with Crippen LogP contribution in [0.3, 0.4) is 0 Å². The number of aliphatic carboxylic acids is 1. The smallest absolute Gasteiger partial charge is 0.326 e. The fourth-order valence-electron chi connectivity index (χ4n) is 3.08. The summed E-state index contributed by atoms with van der Waals surface area (Å²) in [5.41, 5.74) is 1.88. The Morgan fingerprint density at radius 3 is 2.64 bits per heavy atom. The van der Waals surface area contributed by atoms with Gasteiger partial charge >= 0.3 is 5.97 Å². The predicted molar refractivity (Wildman–Crippen MR) is 93.6 cm³/mol.